The zero-order chi connectivity index (χ0) is 16.8. The fourth-order valence-corrected chi connectivity index (χ4v) is 2.83. The highest BCUT2D eigenvalue weighted by molar-refractivity contribution is 5.97. The second-order valence-corrected chi connectivity index (χ2v) is 6.42. The van der Waals surface area contributed by atoms with Gasteiger partial charge in [-0.05, 0) is 63.6 Å². The van der Waals surface area contributed by atoms with E-state index in [4.69, 9.17) is 5.73 Å². The Kier molecular flexibility index (Phi) is 6.12. The van der Waals surface area contributed by atoms with E-state index in [2.05, 4.69) is 10.6 Å². The number of nitrogens with zero attached hydrogens (tertiary/aromatic N) is 1. The zero-order valence-corrected chi connectivity index (χ0v) is 13.9. The van der Waals surface area contributed by atoms with Crippen molar-refractivity contribution in [3.05, 3.63) is 29.3 Å². The molecule has 4 N–H and O–H groups in total. The smallest absolute Gasteiger partial charge is 0.248 e. The van der Waals surface area contributed by atoms with Crippen LogP contribution in [0.15, 0.2) is 18.2 Å². The van der Waals surface area contributed by atoms with Crippen LogP contribution in [0.4, 0.5) is 5.69 Å². The maximum absolute atomic E-state index is 12.2. The van der Waals surface area contributed by atoms with Gasteiger partial charge in [0.05, 0.1) is 0 Å². The lowest BCUT2D eigenvalue weighted by Crippen LogP contribution is -2.19. The molecule has 0 spiro atoms. The normalized spacial score (nSPS) is 17.4. The third-order valence-electron chi connectivity index (χ3n) is 4.10. The van der Waals surface area contributed by atoms with E-state index in [1.54, 1.807) is 12.1 Å². The zero-order valence-electron chi connectivity index (χ0n) is 13.9. The van der Waals surface area contributed by atoms with Crippen molar-refractivity contribution < 1.29 is 9.59 Å². The van der Waals surface area contributed by atoms with Crippen molar-refractivity contribution in [2.24, 2.45) is 11.7 Å². The van der Waals surface area contributed by atoms with Gasteiger partial charge in [-0.2, -0.15) is 0 Å². The van der Waals surface area contributed by atoms with Crippen LogP contribution >= 0.6 is 0 Å². The number of carbonyl (C=O) groups excluding carboxylic acids is 2. The number of rotatable bonds is 7. The molecule has 1 aromatic carbocycles. The van der Waals surface area contributed by atoms with E-state index in [-0.39, 0.29) is 5.91 Å². The second kappa shape index (κ2) is 8.08. The Balaban J connectivity index is 2.03. The van der Waals surface area contributed by atoms with Crippen molar-refractivity contribution >= 4 is 17.5 Å². The molecule has 2 rings (SSSR count). The predicted molar refractivity (Wildman–Crippen MR) is 91.2 cm³/mol. The van der Waals surface area contributed by atoms with E-state index in [9.17, 15) is 9.59 Å². The minimum Gasteiger partial charge on any atom is -0.366 e. The number of hydrogen-bond donors (Lipinski definition) is 3. The van der Waals surface area contributed by atoms with Gasteiger partial charge in [0.15, 0.2) is 0 Å². The van der Waals surface area contributed by atoms with Crippen LogP contribution in [0, 0.1) is 5.92 Å². The molecule has 6 nitrogen and oxygen atoms in total. The first kappa shape index (κ1) is 17.4. The maximum Gasteiger partial charge on any atom is 0.248 e. The molecule has 1 aliphatic rings. The van der Waals surface area contributed by atoms with Crippen molar-refractivity contribution in [2.45, 2.75) is 25.8 Å². The lowest BCUT2D eigenvalue weighted by Gasteiger charge is -2.16. The number of hydrogen-bond acceptors (Lipinski definition) is 4. The minimum atomic E-state index is -0.492. The SMILES string of the molecule is CN(C)Cc1ccc(C(N)=O)cc1NC(=O)CCC1CCNC1. The number of amides is 2. The number of anilines is 1. The fraction of sp³-hybridized carbons (Fsp3) is 0.529. The molecule has 0 aromatic heterocycles. The minimum absolute atomic E-state index is 0.0153. The Morgan fingerprint density at radius 3 is 2.78 bits per heavy atom. The fourth-order valence-electron chi connectivity index (χ4n) is 2.83. The molecule has 1 fully saturated rings. The third kappa shape index (κ3) is 5.33. The number of nitrogens with one attached hydrogen (secondary N) is 2. The van der Waals surface area contributed by atoms with Gasteiger partial charge in [-0.3, -0.25) is 9.59 Å². The van der Waals surface area contributed by atoms with Crippen LogP contribution in [0.3, 0.4) is 0 Å². The van der Waals surface area contributed by atoms with E-state index < -0.39 is 5.91 Å². The monoisotopic (exact) mass is 318 g/mol. The highest BCUT2D eigenvalue weighted by atomic mass is 16.2. The molecule has 1 aliphatic heterocycles. The topological polar surface area (TPSA) is 87.5 Å². The Hall–Kier alpha value is -1.92. The number of nitrogens with two attached hydrogens (primary N) is 1. The highest BCUT2D eigenvalue weighted by Gasteiger charge is 2.16. The summed E-state index contributed by atoms with van der Waals surface area (Å²) in [6.45, 7) is 2.72. The van der Waals surface area contributed by atoms with Gasteiger partial charge in [0.2, 0.25) is 11.8 Å². The molecule has 0 saturated carbocycles. The van der Waals surface area contributed by atoms with Crippen LogP contribution in [0.2, 0.25) is 0 Å². The summed E-state index contributed by atoms with van der Waals surface area (Å²) in [5.41, 5.74) is 7.38. The average Bonchev–Trinajstić information content (AvgIpc) is 2.99. The average molecular weight is 318 g/mol. The van der Waals surface area contributed by atoms with Crippen molar-refractivity contribution in [2.75, 3.05) is 32.5 Å². The van der Waals surface area contributed by atoms with Crippen LogP contribution in [0.1, 0.15) is 35.2 Å². The van der Waals surface area contributed by atoms with Gasteiger partial charge in [-0.1, -0.05) is 6.07 Å². The van der Waals surface area contributed by atoms with Gasteiger partial charge in [0.25, 0.3) is 0 Å². The lowest BCUT2D eigenvalue weighted by molar-refractivity contribution is -0.116. The van der Waals surface area contributed by atoms with Crippen LogP contribution < -0.4 is 16.4 Å². The summed E-state index contributed by atoms with van der Waals surface area (Å²) in [6.07, 6.45) is 2.52. The van der Waals surface area contributed by atoms with Crippen molar-refractivity contribution in [1.82, 2.24) is 10.2 Å². The number of benzene rings is 1. The highest BCUT2D eigenvalue weighted by Crippen LogP contribution is 2.21. The number of primary amides is 1. The molecule has 0 bridgehead atoms. The molecular formula is C17H26N4O2. The molecule has 1 saturated heterocycles. The molecule has 1 unspecified atom stereocenters. The van der Waals surface area contributed by atoms with Gasteiger partial charge in [-0.25, -0.2) is 0 Å². The first-order chi connectivity index (χ1) is 11.0. The van der Waals surface area contributed by atoms with E-state index in [0.29, 0.717) is 30.1 Å². The maximum atomic E-state index is 12.2. The van der Waals surface area contributed by atoms with Gasteiger partial charge in [0, 0.05) is 24.2 Å². The first-order valence-corrected chi connectivity index (χ1v) is 8.03. The number of carbonyl (C=O) groups is 2. The predicted octanol–water partition coefficient (Wildman–Crippen LogP) is 1.18. The third-order valence-corrected chi connectivity index (χ3v) is 4.10. The van der Waals surface area contributed by atoms with E-state index in [1.807, 2.05) is 25.1 Å². The summed E-state index contributed by atoms with van der Waals surface area (Å²) >= 11 is 0. The lowest BCUT2D eigenvalue weighted by atomic mass is 10.0. The molecule has 23 heavy (non-hydrogen) atoms. The summed E-state index contributed by atoms with van der Waals surface area (Å²) in [7, 11) is 3.92. The summed E-state index contributed by atoms with van der Waals surface area (Å²) in [5.74, 6) is 0.0754. The molecule has 6 heteroatoms. The van der Waals surface area contributed by atoms with Gasteiger partial charge in [0.1, 0.15) is 0 Å². The van der Waals surface area contributed by atoms with E-state index >= 15 is 0 Å². The standard InChI is InChI=1S/C17H26N4O2/c1-21(2)11-14-5-4-13(17(18)23)9-15(14)20-16(22)6-3-12-7-8-19-10-12/h4-5,9,12,19H,3,6-8,10-11H2,1-2H3,(H2,18,23)(H,20,22). The first-order valence-electron chi connectivity index (χ1n) is 8.03. The van der Waals surface area contributed by atoms with Gasteiger partial charge < -0.3 is 21.3 Å². The van der Waals surface area contributed by atoms with Crippen molar-refractivity contribution in [3.8, 4) is 0 Å². The van der Waals surface area contributed by atoms with Crippen molar-refractivity contribution in [1.29, 1.82) is 0 Å². The Morgan fingerprint density at radius 2 is 2.17 bits per heavy atom. The molecule has 1 heterocycles. The van der Waals surface area contributed by atoms with Gasteiger partial charge in [-0.15, -0.1) is 0 Å². The molecule has 1 aromatic rings. The molecule has 126 valence electrons. The van der Waals surface area contributed by atoms with Crippen LogP contribution in [0.5, 0.6) is 0 Å². The Morgan fingerprint density at radius 1 is 1.39 bits per heavy atom. The molecule has 2 amide bonds. The Bertz CT molecular complexity index is 566. The van der Waals surface area contributed by atoms with E-state index in [1.165, 1.54) is 0 Å². The summed E-state index contributed by atoms with van der Waals surface area (Å²) in [6, 6.07) is 5.20. The van der Waals surface area contributed by atoms with Crippen molar-refractivity contribution in [3.63, 3.8) is 0 Å². The molecule has 1 atom stereocenters. The largest absolute Gasteiger partial charge is 0.366 e. The molecule has 0 aliphatic carbocycles. The van der Waals surface area contributed by atoms with Crippen LogP contribution in [-0.4, -0.2) is 43.9 Å². The molecule has 0 radical (unpaired) electrons. The quantitative estimate of drug-likeness (QED) is 0.704. The summed E-state index contributed by atoms with van der Waals surface area (Å²) in [4.78, 5) is 25.6. The summed E-state index contributed by atoms with van der Waals surface area (Å²) in [5, 5.41) is 6.25. The summed E-state index contributed by atoms with van der Waals surface area (Å²) < 4.78 is 0. The second-order valence-electron chi connectivity index (χ2n) is 6.42. The van der Waals surface area contributed by atoms with Gasteiger partial charge >= 0.3 is 0 Å². The van der Waals surface area contributed by atoms with Crippen LogP contribution in [0.25, 0.3) is 0 Å². The van der Waals surface area contributed by atoms with Crippen LogP contribution in [-0.2, 0) is 11.3 Å². The van der Waals surface area contributed by atoms with E-state index in [0.717, 1.165) is 31.5 Å². The molecular weight excluding hydrogens is 292 g/mol. The Labute approximate surface area is 137 Å².